The zero-order valence-corrected chi connectivity index (χ0v) is 22.9. The van der Waals surface area contributed by atoms with Crippen molar-refractivity contribution in [1.82, 2.24) is 0 Å². The Kier molecular flexibility index (Phi) is 5.39. The van der Waals surface area contributed by atoms with E-state index in [0.717, 1.165) is 11.1 Å². The van der Waals surface area contributed by atoms with Crippen LogP contribution in [0.1, 0.15) is 67.2 Å². The number of aliphatic hydroxyl groups is 2. The molecule has 8 heteroatoms. The minimum absolute atomic E-state index is 0.0949. The van der Waals surface area contributed by atoms with Gasteiger partial charge in [0.15, 0.2) is 5.78 Å². The van der Waals surface area contributed by atoms with Gasteiger partial charge in [-0.3, -0.25) is 9.59 Å². The molecule has 0 aromatic heterocycles. The highest BCUT2D eigenvalue weighted by Gasteiger charge is 2.82. The van der Waals surface area contributed by atoms with Gasteiger partial charge in [0.05, 0.1) is 11.5 Å². The summed E-state index contributed by atoms with van der Waals surface area (Å²) in [5.74, 6) is -1.81. The summed E-state index contributed by atoms with van der Waals surface area (Å²) in [6, 6.07) is 0. The van der Waals surface area contributed by atoms with Gasteiger partial charge >= 0.3 is 11.9 Å². The quantitative estimate of drug-likeness (QED) is 0.327. The Labute approximate surface area is 223 Å². The van der Waals surface area contributed by atoms with Crippen LogP contribution in [0, 0.1) is 28.6 Å². The van der Waals surface area contributed by atoms with E-state index in [1.54, 1.807) is 6.92 Å². The molecular weight excluding hydrogens is 488 g/mol. The lowest BCUT2D eigenvalue weighted by atomic mass is 9.42. The minimum Gasteiger partial charge on any atom is -0.458 e. The third-order valence-corrected chi connectivity index (χ3v) is 11.5. The molecule has 3 unspecified atom stereocenters. The van der Waals surface area contributed by atoms with E-state index in [9.17, 15) is 24.6 Å². The summed E-state index contributed by atoms with van der Waals surface area (Å²) < 4.78 is 17.8. The second kappa shape index (κ2) is 7.89. The van der Waals surface area contributed by atoms with E-state index in [0.29, 0.717) is 31.3 Å². The summed E-state index contributed by atoms with van der Waals surface area (Å²) in [5, 5.41) is 23.8. The molecule has 2 saturated carbocycles. The van der Waals surface area contributed by atoms with Crippen LogP contribution in [0.15, 0.2) is 34.9 Å². The van der Waals surface area contributed by atoms with Crippen molar-refractivity contribution in [2.75, 3.05) is 0 Å². The second-order valence-electron chi connectivity index (χ2n) is 12.9. The van der Waals surface area contributed by atoms with E-state index in [1.165, 1.54) is 19.1 Å². The Hall–Kier alpha value is -2.29. The van der Waals surface area contributed by atoms with Gasteiger partial charge in [-0.1, -0.05) is 25.0 Å². The van der Waals surface area contributed by atoms with Gasteiger partial charge in [0.1, 0.15) is 29.5 Å². The van der Waals surface area contributed by atoms with Gasteiger partial charge < -0.3 is 24.4 Å². The number of allylic oxidation sites excluding steroid dienone is 1. The molecule has 6 rings (SSSR count). The lowest BCUT2D eigenvalue weighted by Crippen LogP contribution is -2.70. The zero-order chi connectivity index (χ0) is 27.6. The SMILES string of the molecule is CC(=O)O[C@H]1C=C(C(C)[C@H]2CC(C)=C(C)C(=O)O2)[C@@]2(C)CCC3C(C[C@H]4O[C@]45[C@@H](O)C=CC(=O)[C@]35C)[C@]12O. The maximum atomic E-state index is 13.5. The fourth-order valence-corrected chi connectivity index (χ4v) is 9.14. The number of ketones is 1. The van der Waals surface area contributed by atoms with Crippen LogP contribution >= 0.6 is 0 Å². The van der Waals surface area contributed by atoms with Crippen LogP contribution in [-0.2, 0) is 28.6 Å². The lowest BCUT2D eigenvalue weighted by molar-refractivity contribution is -0.224. The largest absolute Gasteiger partial charge is 0.458 e. The van der Waals surface area contributed by atoms with Crippen molar-refractivity contribution >= 4 is 17.7 Å². The number of carbonyl (C=O) groups is 3. The number of cyclic esters (lactones) is 1. The third-order valence-electron chi connectivity index (χ3n) is 11.5. The first-order chi connectivity index (χ1) is 17.7. The van der Waals surface area contributed by atoms with Crippen molar-refractivity contribution in [2.24, 2.45) is 28.6 Å². The van der Waals surface area contributed by atoms with Gasteiger partial charge in [-0.05, 0) is 70.1 Å². The van der Waals surface area contributed by atoms with E-state index in [1.807, 2.05) is 33.8 Å². The first-order valence-corrected chi connectivity index (χ1v) is 13.8. The summed E-state index contributed by atoms with van der Waals surface area (Å²) >= 11 is 0. The summed E-state index contributed by atoms with van der Waals surface area (Å²) in [6.45, 7) is 10.9. The van der Waals surface area contributed by atoms with Crippen molar-refractivity contribution in [2.45, 2.75) is 103 Å². The van der Waals surface area contributed by atoms with Crippen molar-refractivity contribution in [1.29, 1.82) is 0 Å². The first-order valence-electron chi connectivity index (χ1n) is 13.8. The van der Waals surface area contributed by atoms with Gasteiger partial charge in [-0.15, -0.1) is 0 Å². The van der Waals surface area contributed by atoms with E-state index in [-0.39, 0.29) is 29.7 Å². The maximum absolute atomic E-state index is 13.5. The van der Waals surface area contributed by atoms with Crippen LogP contribution in [0.25, 0.3) is 0 Å². The number of carbonyl (C=O) groups excluding carboxylic acids is 3. The fraction of sp³-hybridized carbons (Fsp3) is 0.700. The molecule has 38 heavy (non-hydrogen) atoms. The lowest BCUT2D eigenvalue weighted by Gasteiger charge is -2.61. The number of ether oxygens (including phenoxy) is 3. The normalized spacial score (nSPS) is 49.7. The van der Waals surface area contributed by atoms with Gasteiger partial charge in [-0.25, -0.2) is 4.79 Å². The molecule has 0 aromatic carbocycles. The molecule has 2 heterocycles. The molecule has 6 aliphatic rings. The molecule has 0 bridgehead atoms. The van der Waals surface area contributed by atoms with Crippen LogP contribution in [0.2, 0.25) is 0 Å². The van der Waals surface area contributed by atoms with Gasteiger partial charge in [0.25, 0.3) is 0 Å². The average molecular weight is 527 g/mol. The number of aliphatic hydroxyl groups excluding tert-OH is 1. The van der Waals surface area contributed by atoms with Crippen LogP contribution in [-0.4, -0.2) is 63.6 Å². The highest BCUT2D eigenvalue weighted by molar-refractivity contribution is 5.98. The molecule has 4 aliphatic carbocycles. The summed E-state index contributed by atoms with van der Waals surface area (Å²) in [5.41, 5.74) is -1.70. The number of rotatable bonds is 3. The predicted molar refractivity (Wildman–Crippen MR) is 135 cm³/mol. The van der Waals surface area contributed by atoms with E-state index in [4.69, 9.17) is 14.2 Å². The third kappa shape index (κ3) is 2.89. The summed E-state index contributed by atoms with van der Waals surface area (Å²) in [4.78, 5) is 38.3. The van der Waals surface area contributed by atoms with Gasteiger partial charge in [-0.2, -0.15) is 0 Å². The topological polar surface area (TPSA) is 123 Å². The standard InChI is InChI=1S/C30H38O8/c1-14-11-21(37-26(34)15(14)2)16(3)19-12-24(36-17(4)31)29(35)20-13-25-30(38-25)23(33)8-7-22(32)28(30,6)18(20)9-10-27(19,29)5/h7-8,12,16,18,20-21,23-25,33,35H,9-11,13H2,1-6H3/t16?,18?,20?,21-,23+,24+,25-,27-,28+,29+,30-/m1/s1. The molecule has 2 N–H and O–H groups in total. The fourth-order valence-electron chi connectivity index (χ4n) is 9.14. The molecule has 0 radical (unpaired) electrons. The van der Waals surface area contributed by atoms with E-state index >= 15 is 0 Å². The monoisotopic (exact) mass is 526 g/mol. The van der Waals surface area contributed by atoms with Crippen LogP contribution in [0.4, 0.5) is 0 Å². The Morgan fingerprint density at radius 1 is 1.21 bits per heavy atom. The number of epoxide rings is 1. The van der Waals surface area contributed by atoms with Crippen molar-refractivity contribution in [3.05, 3.63) is 34.9 Å². The first kappa shape index (κ1) is 26.0. The van der Waals surface area contributed by atoms with Crippen LogP contribution in [0.3, 0.4) is 0 Å². The smallest absolute Gasteiger partial charge is 0.333 e. The Morgan fingerprint density at radius 2 is 1.92 bits per heavy atom. The molecule has 11 atom stereocenters. The predicted octanol–water partition coefficient (Wildman–Crippen LogP) is 2.96. The number of fused-ring (bicyclic) bond motifs is 4. The zero-order valence-electron chi connectivity index (χ0n) is 22.9. The second-order valence-corrected chi connectivity index (χ2v) is 12.9. The molecule has 0 aromatic rings. The van der Waals surface area contributed by atoms with E-state index < -0.39 is 52.2 Å². The van der Waals surface area contributed by atoms with Crippen molar-refractivity contribution in [3.8, 4) is 0 Å². The number of esters is 2. The molecule has 1 spiro atoms. The number of hydrogen-bond donors (Lipinski definition) is 2. The van der Waals surface area contributed by atoms with Gasteiger partial charge in [0, 0.05) is 30.3 Å². The Morgan fingerprint density at radius 3 is 2.58 bits per heavy atom. The molecule has 2 aliphatic heterocycles. The van der Waals surface area contributed by atoms with E-state index in [2.05, 4.69) is 0 Å². The summed E-state index contributed by atoms with van der Waals surface area (Å²) in [7, 11) is 0. The van der Waals surface area contributed by atoms with Crippen LogP contribution < -0.4 is 0 Å². The molecular formula is C30H38O8. The minimum atomic E-state index is -1.49. The molecule has 3 fully saturated rings. The number of hydrogen-bond acceptors (Lipinski definition) is 8. The highest BCUT2D eigenvalue weighted by Crippen LogP contribution is 2.73. The molecule has 206 valence electrons. The Bertz CT molecular complexity index is 1230. The molecule has 1 saturated heterocycles. The van der Waals surface area contributed by atoms with Crippen molar-refractivity contribution in [3.63, 3.8) is 0 Å². The highest BCUT2D eigenvalue weighted by atomic mass is 16.6. The van der Waals surface area contributed by atoms with Gasteiger partial charge in [0.2, 0.25) is 0 Å². The maximum Gasteiger partial charge on any atom is 0.333 e. The van der Waals surface area contributed by atoms with Crippen molar-refractivity contribution < 1.29 is 38.8 Å². The average Bonchev–Trinajstić information content (AvgIpc) is 3.55. The van der Waals surface area contributed by atoms with Crippen LogP contribution in [0.5, 0.6) is 0 Å². The summed E-state index contributed by atoms with van der Waals surface area (Å²) in [6.07, 6.45) is 4.53. The molecule has 8 nitrogen and oxygen atoms in total. The molecule has 0 amide bonds. The Balaban J connectivity index is 1.42.